The SMILES string of the molecule is c1ccc(CNc2ccc3[nH]c4cnccc4c3c2)cc1. The molecular weight excluding hydrogens is 258 g/mol. The Morgan fingerprint density at radius 2 is 1.81 bits per heavy atom. The van der Waals surface area contributed by atoms with E-state index in [0.717, 1.165) is 23.3 Å². The van der Waals surface area contributed by atoms with Crippen molar-refractivity contribution < 1.29 is 0 Å². The molecule has 0 amide bonds. The highest BCUT2D eigenvalue weighted by molar-refractivity contribution is 6.07. The van der Waals surface area contributed by atoms with Crippen LogP contribution < -0.4 is 5.32 Å². The minimum absolute atomic E-state index is 0.830. The minimum atomic E-state index is 0.830. The lowest BCUT2D eigenvalue weighted by atomic mass is 10.1. The first-order valence-electron chi connectivity index (χ1n) is 7.03. The molecule has 4 aromatic rings. The molecule has 0 unspecified atom stereocenters. The zero-order valence-corrected chi connectivity index (χ0v) is 11.5. The van der Waals surface area contributed by atoms with Crippen LogP contribution in [0, 0.1) is 0 Å². The number of nitrogens with zero attached hydrogens (tertiary/aromatic N) is 1. The molecule has 0 bridgehead atoms. The van der Waals surface area contributed by atoms with E-state index in [4.69, 9.17) is 0 Å². The van der Waals surface area contributed by atoms with E-state index in [1.165, 1.54) is 16.3 Å². The number of aromatic amines is 1. The van der Waals surface area contributed by atoms with Gasteiger partial charge in [-0.2, -0.15) is 0 Å². The van der Waals surface area contributed by atoms with Gasteiger partial charge in [-0.15, -0.1) is 0 Å². The highest BCUT2D eigenvalue weighted by Crippen LogP contribution is 2.27. The minimum Gasteiger partial charge on any atom is -0.381 e. The number of hydrogen-bond donors (Lipinski definition) is 2. The van der Waals surface area contributed by atoms with Gasteiger partial charge < -0.3 is 10.3 Å². The summed E-state index contributed by atoms with van der Waals surface area (Å²) in [5.74, 6) is 0. The molecule has 0 fully saturated rings. The molecule has 0 aliphatic carbocycles. The molecule has 21 heavy (non-hydrogen) atoms. The van der Waals surface area contributed by atoms with Crippen molar-refractivity contribution in [3.63, 3.8) is 0 Å². The largest absolute Gasteiger partial charge is 0.381 e. The van der Waals surface area contributed by atoms with Gasteiger partial charge in [-0.25, -0.2) is 0 Å². The number of aromatic nitrogens is 2. The standard InChI is InChI=1S/C18H15N3/c1-2-4-13(5-3-1)11-20-14-6-7-17-16(10-14)15-8-9-19-12-18(15)21-17/h1-10,12,20-21H,11H2. The molecule has 2 heterocycles. The number of pyridine rings is 1. The lowest BCUT2D eigenvalue weighted by Gasteiger charge is -2.06. The zero-order chi connectivity index (χ0) is 14.1. The van der Waals surface area contributed by atoms with E-state index in [9.17, 15) is 0 Å². The molecule has 2 aromatic heterocycles. The van der Waals surface area contributed by atoms with E-state index in [0.29, 0.717) is 0 Å². The van der Waals surface area contributed by atoms with Gasteiger partial charge in [-0.05, 0) is 29.8 Å². The van der Waals surface area contributed by atoms with Gasteiger partial charge in [-0.1, -0.05) is 30.3 Å². The topological polar surface area (TPSA) is 40.7 Å². The van der Waals surface area contributed by atoms with E-state index in [-0.39, 0.29) is 0 Å². The molecule has 2 N–H and O–H groups in total. The molecule has 2 aromatic carbocycles. The van der Waals surface area contributed by atoms with Gasteiger partial charge in [0.1, 0.15) is 0 Å². The number of nitrogens with one attached hydrogen (secondary N) is 2. The Kier molecular flexibility index (Phi) is 2.82. The van der Waals surface area contributed by atoms with E-state index < -0.39 is 0 Å². The molecule has 0 spiro atoms. The maximum atomic E-state index is 4.16. The fourth-order valence-electron chi connectivity index (χ4n) is 2.66. The second-order valence-corrected chi connectivity index (χ2v) is 5.15. The van der Waals surface area contributed by atoms with Crippen LogP contribution in [0.5, 0.6) is 0 Å². The highest BCUT2D eigenvalue weighted by Gasteiger charge is 2.04. The van der Waals surface area contributed by atoms with Crippen LogP contribution in [0.25, 0.3) is 21.8 Å². The van der Waals surface area contributed by atoms with Gasteiger partial charge in [0, 0.05) is 34.7 Å². The Morgan fingerprint density at radius 3 is 2.71 bits per heavy atom. The van der Waals surface area contributed by atoms with Gasteiger partial charge >= 0.3 is 0 Å². The van der Waals surface area contributed by atoms with Gasteiger partial charge in [0.2, 0.25) is 0 Å². The van der Waals surface area contributed by atoms with Crippen molar-refractivity contribution in [2.45, 2.75) is 6.54 Å². The van der Waals surface area contributed by atoms with Gasteiger partial charge in [0.25, 0.3) is 0 Å². The first kappa shape index (κ1) is 12.0. The van der Waals surface area contributed by atoms with Crippen LogP contribution in [0.2, 0.25) is 0 Å². The molecule has 4 rings (SSSR count). The summed E-state index contributed by atoms with van der Waals surface area (Å²) in [5, 5.41) is 5.92. The van der Waals surface area contributed by atoms with E-state index in [1.54, 1.807) is 0 Å². The molecule has 0 saturated heterocycles. The van der Waals surface area contributed by atoms with Crippen LogP contribution in [-0.4, -0.2) is 9.97 Å². The average molecular weight is 273 g/mol. The Morgan fingerprint density at radius 1 is 0.905 bits per heavy atom. The Hall–Kier alpha value is -2.81. The number of anilines is 1. The Bertz CT molecular complexity index is 894. The number of benzene rings is 2. The molecule has 0 aliphatic rings. The summed E-state index contributed by atoms with van der Waals surface area (Å²) in [5.41, 5.74) is 4.63. The third-order valence-corrected chi connectivity index (χ3v) is 3.74. The lowest BCUT2D eigenvalue weighted by Crippen LogP contribution is -1.98. The first-order valence-corrected chi connectivity index (χ1v) is 7.03. The fourth-order valence-corrected chi connectivity index (χ4v) is 2.66. The van der Waals surface area contributed by atoms with Crippen LogP contribution in [-0.2, 0) is 6.54 Å². The van der Waals surface area contributed by atoms with Crippen LogP contribution >= 0.6 is 0 Å². The summed E-state index contributed by atoms with van der Waals surface area (Å²) >= 11 is 0. The van der Waals surface area contributed by atoms with E-state index >= 15 is 0 Å². The van der Waals surface area contributed by atoms with Gasteiger partial charge in [-0.3, -0.25) is 4.98 Å². The van der Waals surface area contributed by atoms with Crippen molar-refractivity contribution >= 4 is 27.5 Å². The summed E-state index contributed by atoms with van der Waals surface area (Å²) in [4.78, 5) is 7.55. The van der Waals surface area contributed by atoms with Gasteiger partial charge in [0.15, 0.2) is 0 Å². The van der Waals surface area contributed by atoms with E-state index in [1.807, 2.05) is 18.5 Å². The van der Waals surface area contributed by atoms with Crippen LogP contribution in [0.15, 0.2) is 67.0 Å². The number of rotatable bonds is 3. The van der Waals surface area contributed by atoms with Crippen molar-refractivity contribution in [1.29, 1.82) is 0 Å². The molecule has 0 aliphatic heterocycles. The second-order valence-electron chi connectivity index (χ2n) is 5.15. The van der Waals surface area contributed by atoms with Crippen molar-refractivity contribution in [2.24, 2.45) is 0 Å². The first-order chi connectivity index (χ1) is 10.4. The second kappa shape index (κ2) is 4.94. The predicted octanol–water partition coefficient (Wildman–Crippen LogP) is 4.33. The molecule has 0 radical (unpaired) electrons. The van der Waals surface area contributed by atoms with Crippen LogP contribution in [0.1, 0.15) is 5.56 Å². The third kappa shape index (κ3) is 2.23. The summed E-state index contributed by atoms with van der Waals surface area (Å²) in [6, 6.07) is 18.9. The monoisotopic (exact) mass is 273 g/mol. The molecule has 0 saturated carbocycles. The smallest absolute Gasteiger partial charge is 0.0651 e. The van der Waals surface area contributed by atoms with Crippen LogP contribution in [0.3, 0.4) is 0 Å². The summed E-state index contributed by atoms with van der Waals surface area (Å²) in [6.07, 6.45) is 3.70. The zero-order valence-electron chi connectivity index (χ0n) is 11.5. The van der Waals surface area contributed by atoms with Crippen molar-refractivity contribution in [2.75, 3.05) is 5.32 Å². The number of fused-ring (bicyclic) bond motifs is 3. The maximum Gasteiger partial charge on any atom is 0.0651 e. The molecular formula is C18H15N3. The molecule has 102 valence electrons. The highest BCUT2D eigenvalue weighted by atomic mass is 14.9. The number of H-pyrrole nitrogens is 1. The van der Waals surface area contributed by atoms with Crippen molar-refractivity contribution in [3.05, 3.63) is 72.6 Å². The summed E-state index contributed by atoms with van der Waals surface area (Å²) < 4.78 is 0. The molecule has 3 nitrogen and oxygen atoms in total. The van der Waals surface area contributed by atoms with Crippen molar-refractivity contribution in [3.8, 4) is 0 Å². The van der Waals surface area contributed by atoms with Gasteiger partial charge in [0.05, 0.1) is 11.7 Å². The third-order valence-electron chi connectivity index (χ3n) is 3.74. The molecule has 3 heteroatoms. The fraction of sp³-hybridized carbons (Fsp3) is 0.0556. The van der Waals surface area contributed by atoms with E-state index in [2.05, 4.69) is 63.8 Å². The molecule has 0 atom stereocenters. The Balaban J connectivity index is 1.68. The predicted molar refractivity (Wildman–Crippen MR) is 87.4 cm³/mol. The normalized spacial score (nSPS) is 11.0. The van der Waals surface area contributed by atoms with Crippen LogP contribution in [0.4, 0.5) is 5.69 Å². The average Bonchev–Trinajstić information content (AvgIpc) is 2.92. The van der Waals surface area contributed by atoms with Crippen molar-refractivity contribution in [1.82, 2.24) is 9.97 Å². The maximum absolute atomic E-state index is 4.16. The summed E-state index contributed by atoms with van der Waals surface area (Å²) in [6.45, 7) is 0.830. The summed E-state index contributed by atoms with van der Waals surface area (Å²) in [7, 11) is 0. The Labute approximate surface area is 122 Å². The quantitative estimate of drug-likeness (QED) is 0.583. The number of hydrogen-bond acceptors (Lipinski definition) is 2. The lowest BCUT2D eigenvalue weighted by molar-refractivity contribution is 1.15.